The zero-order chi connectivity index (χ0) is 19.4. The molecule has 0 unspecified atom stereocenters. The zero-order valence-corrected chi connectivity index (χ0v) is 16.5. The number of piperidine rings is 1. The second-order valence-corrected chi connectivity index (χ2v) is 8.45. The topological polar surface area (TPSA) is 75.7 Å². The Labute approximate surface area is 164 Å². The Morgan fingerprint density at radius 2 is 1.85 bits per heavy atom. The molecule has 1 heterocycles. The summed E-state index contributed by atoms with van der Waals surface area (Å²) in [5.41, 5.74) is 0.593. The van der Waals surface area contributed by atoms with E-state index in [1.807, 2.05) is 0 Å². The molecule has 0 saturated carbocycles. The lowest BCUT2D eigenvalue weighted by atomic mass is 10.1. The maximum atomic E-state index is 12.9. The molecule has 6 nitrogen and oxygen atoms in total. The van der Waals surface area contributed by atoms with Crippen LogP contribution in [-0.2, 0) is 10.0 Å². The number of benzene rings is 2. The second-order valence-electron chi connectivity index (χ2n) is 6.33. The molecule has 27 heavy (non-hydrogen) atoms. The van der Waals surface area contributed by atoms with E-state index in [-0.39, 0.29) is 16.4 Å². The minimum Gasteiger partial charge on any atom is -0.496 e. The third kappa shape index (κ3) is 4.54. The van der Waals surface area contributed by atoms with Crippen molar-refractivity contribution in [2.45, 2.75) is 24.2 Å². The average Bonchev–Trinajstić information content (AvgIpc) is 2.67. The van der Waals surface area contributed by atoms with Crippen molar-refractivity contribution in [1.29, 1.82) is 0 Å². The molecule has 2 aromatic rings. The van der Waals surface area contributed by atoms with Gasteiger partial charge in [0.2, 0.25) is 0 Å². The van der Waals surface area contributed by atoms with Gasteiger partial charge in [-0.2, -0.15) is 0 Å². The van der Waals surface area contributed by atoms with E-state index < -0.39 is 10.0 Å². The van der Waals surface area contributed by atoms with Crippen molar-refractivity contribution in [3.8, 4) is 5.75 Å². The van der Waals surface area contributed by atoms with Gasteiger partial charge in [-0.25, -0.2) is 8.42 Å². The Hall–Kier alpha value is -2.25. The molecular weight excluding hydrogens is 388 g/mol. The van der Waals surface area contributed by atoms with Crippen molar-refractivity contribution in [1.82, 2.24) is 4.90 Å². The molecule has 0 radical (unpaired) electrons. The van der Waals surface area contributed by atoms with Crippen LogP contribution in [0.2, 0.25) is 5.02 Å². The lowest BCUT2D eigenvalue weighted by Gasteiger charge is -2.27. The summed E-state index contributed by atoms with van der Waals surface area (Å²) >= 11 is 5.91. The summed E-state index contributed by atoms with van der Waals surface area (Å²) in [7, 11) is -2.42. The van der Waals surface area contributed by atoms with Gasteiger partial charge in [-0.3, -0.25) is 9.52 Å². The van der Waals surface area contributed by atoms with E-state index in [0.717, 1.165) is 19.3 Å². The molecular formula is C19H21ClN2O4S. The molecule has 144 valence electrons. The van der Waals surface area contributed by atoms with Crippen LogP contribution in [0.25, 0.3) is 0 Å². The maximum Gasteiger partial charge on any atom is 0.261 e. The fraction of sp³-hybridized carbons (Fsp3) is 0.316. The Balaban J connectivity index is 1.92. The predicted octanol–water partition coefficient (Wildman–Crippen LogP) is 3.78. The summed E-state index contributed by atoms with van der Waals surface area (Å²) in [4.78, 5) is 14.6. The molecule has 0 spiro atoms. The number of amides is 1. The molecule has 1 N–H and O–H groups in total. The predicted molar refractivity (Wildman–Crippen MR) is 105 cm³/mol. The van der Waals surface area contributed by atoms with Gasteiger partial charge >= 0.3 is 0 Å². The first-order chi connectivity index (χ1) is 12.9. The van der Waals surface area contributed by atoms with Crippen molar-refractivity contribution in [3.63, 3.8) is 0 Å². The molecule has 8 heteroatoms. The number of carbonyl (C=O) groups excluding carboxylic acids is 1. The van der Waals surface area contributed by atoms with Crippen LogP contribution in [0.15, 0.2) is 47.4 Å². The van der Waals surface area contributed by atoms with E-state index in [1.165, 1.54) is 31.4 Å². The fourth-order valence-electron chi connectivity index (χ4n) is 3.05. The van der Waals surface area contributed by atoms with Crippen molar-refractivity contribution in [3.05, 3.63) is 53.1 Å². The normalized spacial score (nSPS) is 14.7. The Bertz CT molecular complexity index is 940. The molecule has 1 amide bonds. The molecule has 0 atom stereocenters. The third-order valence-electron chi connectivity index (χ3n) is 4.43. The van der Waals surface area contributed by atoms with Crippen molar-refractivity contribution in [2.75, 3.05) is 24.9 Å². The number of halogens is 1. The van der Waals surface area contributed by atoms with Crippen LogP contribution in [-0.4, -0.2) is 39.4 Å². The van der Waals surface area contributed by atoms with E-state index in [4.69, 9.17) is 16.3 Å². The van der Waals surface area contributed by atoms with Crippen molar-refractivity contribution >= 4 is 33.2 Å². The number of hydrogen-bond acceptors (Lipinski definition) is 4. The van der Waals surface area contributed by atoms with Crippen molar-refractivity contribution in [2.24, 2.45) is 0 Å². The van der Waals surface area contributed by atoms with Crippen LogP contribution >= 0.6 is 11.6 Å². The molecule has 0 bridgehead atoms. The number of methoxy groups -OCH3 is 1. The average molecular weight is 409 g/mol. The SMILES string of the molecule is COc1ccc(S(=O)(=O)Nc2cccc(Cl)c2)cc1C(=O)N1CCCCC1. The van der Waals surface area contributed by atoms with E-state index in [9.17, 15) is 13.2 Å². The summed E-state index contributed by atoms with van der Waals surface area (Å²) in [5.74, 6) is 0.138. The first kappa shape index (κ1) is 19.5. The minimum atomic E-state index is -3.88. The first-order valence-corrected chi connectivity index (χ1v) is 10.5. The lowest BCUT2D eigenvalue weighted by Crippen LogP contribution is -2.35. The zero-order valence-electron chi connectivity index (χ0n) is 14.9. The highest BCUT2D eigenvalue weighted by atomic mass is 35.5. The number of ether oxygens (including phenoxy) is 1. The van der Waals surface area contributed by atoms with Gasteiger partial charge in [-0.1, -0.05) is 17.7 Å². The van der Waals surface area contributed by atoms with Gasteiger partial charge in [0, 0.05) is 18.1 Å². The highest BCUT2D eigenvalue weighted by Gasteiger charge is 2.24. The lowest BCUT2D eigenvalue weighted by molar-refractivity contribution is 0.0720. The monoisotopic (exact) mass is 408 g/mol. The number of rotatable bonds is 5. The van der Waals surface area contributed by atoms with Gasteiger partial charge in [0.25, 0.3) is 15.9 Å². The van der Waals surface area contributed by atoms with Crippen LogP contribution in [0.4, 0.5) is 5.69 Å². The van der Waals surface area contributed by atoms with Crippen LogP contribution in [0, 0.1) is 0 Å². The number of nitrogens with one attached hydrogen (secondary N) is 1. The molecule has 3 rings (SSSR count). The summed E-state index contributed by atoms with van der Waals surface area (Å²) in [5, 5.41) is 0.422. The summed E-state index contributed by atoms with van der Waals surface area (Å²) in [6.07, 6.45) is 2.99. The smallest absolute Gasteiger partial charge is 0.261 e. The number of anilines is 1. The quantitative estimate of drug-likeness (QED) is 0.816. The Morgan fingerprint density at radius 1 is 1.11 bits per heavy atom. The van der Waals surface area contributed by atoms with Gasteiger partial charge < -0.3 is 9.64 Å². The largest absolute Gasteiger partial charge is 0.496 e. The fourth-order valence-corrected chi connectivity index (χ4v) is 4.32. The summed E-state index contributed by atoms with van der Waals surface area (Å²) in [6.45, 7) is 1.33. The molecule has 0 aromatic heterocycles. The number of likely N-dealkylation sites (tertiary alicyclic amines) is 1. The second kappa shape index (κ2) is 8.19. The van der Waals surface area contributed by atoms with Crippen LogP contribution in [0.5, 0.6) is 5.75 Å². The van der Waals surface area contributed by atoms with E-state index in [0.29, 0.717) is 29.5 Å². The van der Waals surface area contributed by atoms with E-state index >= 15 is 0 Å². The Kier molecular flexibility index (Phi) is 5.92. The van der Waals surface area contributed by atoms with E-state index in [2.05, 4.69) is 4.72 Å². The standard InChI is InChI=1S/C19H21ClN2O4S/c1-26-18-9-8-16(13-17(18)19(23)22-10-3-2-4-11-22)27(24,25)21-15-7-5-6-14(20)12-15/h5-9,12-13,21H,2-4,10-11H2,1H3. The molecule has 0 aliphatic carbocycles. The maximum absolute atomic E-state index is 12.9. The van der Waals surface area contributed by atoms with Gasteiger partial charge in [0.1, 0.15) is 5.75 Å². The molecule has 1 aliphatic rings. The number of nitrogens with zero attached hydrogens (tertiary/aromatic N) is 1. The minimum absolute atomic E-state index is 0.0105. The number of carbonyl (C=O) groups is 1. The van der Waals surface area contributed by atoms with Crippen LogP contribution in [0.3, 0.4) is 0 Å². The number of sulfonamides is 1. The summed E-state index contributed by atoms with van der Waals surface area (Å²) in [6, 6.07) is 10.7. The van der Waals surface area contributed by atoms with Gasteiger partial charge in [0.15, 0.2) is 0 Å². The molecule has 2 aromatic carbocycles. The van der Waals surface area contributed by atoms with Gasteiger partial charge in [-0.05, 0) is 55.7 Å². The van der Waals surface area contributed by atoms with Crippen LogP contribution in [0.1, 0.15) is 29.6 Å². The highest BCUT2D eigenvalue weighted by Crippen LogP contribution is 2.27. The Morgan fingerprint density at radius 3 is 2.52 bits per heavy atom. The summed E-state index contributed by atoms with van der Waals surface area (Å²) < 4.78 is 33.2. The molecule has 1 saturated heterocycles. The van der Waals surface area contributed by atoms with E-state index in [1.54, 1.807) is 23.1 Å². The van der Waals surface area contributed by atoms with Gasteiger partial charge in [0.05, 0.1) is 23.3 Å². The van der Waals surface area contributed by atoms with Crippen molar-refractivity contribution < 1.29 is 17.9 Å². The molecule has 1 fully saturated rings. The first-order valence-electron chi connectivity index (χ1n) is 8.66. The van der Waals surface area contributed by atoms with Gasteiger partial charge in [-0.15, -0.1) is 0 Å². The molecule has 1 aliphatic heterocycles. The number of hydrogen-bond donors (Lipinski definition) is 1. The third-order valence-corrected chi connectivity index (χ3v) is 6.05. The van der Waals surface area contributed by atoms with Crippen LogP contribution < -0.4 is 9.46 Å². The highest BCUT2D eigenvalue weighted by molar-refractivity contribution is 7.92.